The number of carbonyl (C=O) groups is 2. The summed E-state index contributed by atoms with van der Waals surface area (Å²) in [4.78, 5) is 24.6. The molecule has 1 fully saturated rings. The van der Waals surface area contributed by atoms with E-state index < -0.39 is 22.2 Å². The number of nitrogens with zero attached hydrogens (tertiary/aromatic N) is 3. The van der Waals surface area contributed by atoms with Crippen molar-refractivity contribution in [3.8, 4) is 11.4 Å². The molecule has 38 heavy (non-hydrogen) atoms. The molecule has 0 saturated carbocycles. The number of fused-ring (bicyclic) bond motifs is 1. The summed E-state index contributed by atoms with van der Waals surface area (Å²) < 4.78 is 34.6. The largest absolute Gasteiger partial charge is 0.418 e. The maximum Gasteiger partial charge on any atom is 0.418 e. The van der Waals surface area contributed by atoms with Crippen LogP contribution in [0.1, 0.15) is 32.0 Å². The van der Waals surface area contributed by atoms with E-state index in [2.05, 4.69) is 5.32 Å². The van der Waals surface area contributed by atoms with E-state index in [4.69, 9.17) is 9.84 Å². The van der Waals surface area contributed by atoms with Gasteiger partial charge in [0.15, 0.2) is 0 Å². The van der Waals surface area contributed by atoms with Crippen molar-refractivity contribution in [1.82, 2.24) is 18.8 Å². The lowest BCUT2D eigenvalue weighted by Crippen LogP contribution is -2.29. The van der Waals surface area contributed by atoms with Crippen LogP contribution < -0.4 is 14.8 Å². The highest BCUT2D eigenvalue weighted by molar-refractivity contribution is 7.88. The lowest BCUT2D eigenvalue weighted by atomic mass is 9.92. The predicted octanol–water partition coefficient (Wildman–Crippen LogP) is 4.11. The number of benzene rings is 3. The molecular weight excluding hydrogens is 506 g/mol. The highest BCUT2D eigenvalue weighted by Gasteiger charge is 2.33. The Kier molecular flexibility index (Phi) is 6.41. The first-order valence-corrected chi connectivity index (χ1v) is 13.4. The highest BCUT2D eigenvalue weighted by Crippen LogP contribution is 2.29. The summed E-state index contributed by atoms with van der Waals surface area (Å²) >= 11 is 0. The van der Waals surface area contributed by atoms with Crippen molar-refractivity contribution >= 4 is 38.8 Å². The van der Waals surface area contributed by atoms with Crippen LogP contribution in [0, 0.1) is 0 Å². The van der Waals surface area contributed by atoms with Crippen molar-refractivity contribution in [1.29, 1.82) is 0 Å². The van der Waals surface area contributed by atoms with Crippen LogP contribution in [0.2, 0.25) is 0 Å². The third-order valence-electron chi connectivity index (χ3n) is 6.08. The molecule has 0 spiro atoms. The Morgan fingerprint density at radius 3 is 2.53 bits per heavy atom. The van der Waals surface area contributed by atoms with Gasteiger partial charge in [-0.3, -0.25) is 10.1 Å². The first kappa shape index (κ1) is 25.4. The maximum atomic E-state index is 13.0. The average molecular weight is 534 g/mol. The standard InChI is InChI=1S/C27H27N5O5S/c1-27(2,3)23-15-24(28-26(34)37-22-13-7-10-19-9-4-5-12-21(19)22)32(29-23)20-11-6-8-18(14-20)16-31-17-25(33)30-38(31,35)36/h4-15H,16-17H2,1-3H3,(H,28,34)(H,30,33). The summed E-state index contributed by atoms with van der Waals surface area (Å²) in [6, 6.07) is 22.0. The number of hydrogen-bond donors (Lipinski definition) is 2. The third kappa shape index (κ3) is 5.24. The van der Waals surface area contributed by atoms with E-state index in [1.54, 1.807) is 41.1 Å². The Labute approximate surface area is 220 Å². The second kappa shape index (κ2) is 9.58. The summed E-state index contributed by atoms with van der Waals surface area (Å²) in [5, 5.41) is 9.29. The number of amides is 2. The average Bonchev–Trinajstić information content (AvgIpc) is 3.38. The van der Waals surface area contributed by atoms with E-state index >= 15 is 0 Å². The van der Waals surface area contributed by atoms with Crippen molar-refractivity contribution in [2.45, 2.75) is 32.7 Å². The molecule has 4 aromatic rings. The minimum absolute atomic E-state index is 0.00813. The van der Waals surface area contributed by atoms with Gasteiger partial charge in [0, 0.05) is 23.4 Å². The monoisotopic (exact) mass is 533 g/mol. The Balaban J connectivity index is 1.44. The number of anilines is 1. The van der Waals surface area contributed by atoms with Crippen molar-refractivity contribution in [3.63, 3.8) is 0 Å². The summed E-state index contributed by atoms with van der Waals surface area (Å²) in [6.45, 7) is 5.80. The minimum atomic E-state index is -3.86. The second-order valence-corrected chi connectivity index (χ2v) is 11.7. The smallest absolute Gasteiger partial charge is 0.409 e. The zero-order valence-corrected chi connectivity index (χ0v) is 22.0. The van der Waals surface area contributed by atoms with Crippen LogP contribution in [0.25, 0.3) is 16.5 Å². The molecule has 0 unspecified atom stereocenters. The van der Waals surface area contributed by atoms with Gasteiger partial charge in [-0.15, -0.1) is 0 Å². The van der Waals surface area contributed by atoms with Gasteiger partial charge in [-0.2, -0.15) is 17.8 Å². The van der Waals surface area contributed by atoms with Gasteiger partial charge >= 0.3 is 16.3 Å². The van der Waals surface area contributed by atoms with Crippen LogP contribution in [-0.2, 0) is 27.0 Å². The fourth-order valence-corrected chi connectivity index (χ4v) is 5.25. The highest BCUT2D eigenvalue weighted by atomic mass is 32.2. The fraction of sp³-hybridized carbons (Fsp3) is 0.222. The lowest BCUT2D eigenvalue weighted by molar-refractivity contribution is -0.118. The molecule has 1 saturated heterocycles. The molecule has 3 aromatic carbocycles. The molecule has 1 aliphatic heterocycles. The van der Waals surface area contributed by atoms with Gasteiger partial charge in [0.25, 0.3) is 0 Å². The normalized spacial score (nSPS) is 15.4. The molecule has 2 N–H and O–H groups in total. The third-order valence-corrected chi connectivity index (χ3v) is 7.50. The number of ether oxygens (including phenoxy) is 1. The Morgan fingerprint density at radius 1 is 1.05 bits per heavy atom. The van der Waals surface area contributed by atoms with Crippen molar-refractivity contribution in [2.75, 3.05) is 11.9 Å². The Hall–Kier alpha value is -4.22. The number of carbonyl (C=O) groups excluding carboxylic acids is 2. The topological polar surface area (TPSA) is 123 Å². The van der Waals surface area contributed by atoms with Gasteiger partial charge in [-0.25, -0.2) is 14.2 Å². The van der Waals surface area contributed by atoms with Gasteiger partial charge in [-0.05, 0) is 29.1 Å². The van der Waals surface area contributed by atoms with Crippen LogP contribution >= 0.6 is 0 Å². The van der Waals surface area contributed by atoms with Crippen molar-refractivity contribution < 1.29 is 22.7 Å². The molecule has 11 heteroatoms. The van der Waals surface area contributed by atoms with E-state index in [1.165, 1.54) is 0 Å². The molecule has 196 valence electrons. The van der Waals surface area contributed by atoms with Crippen LogP contribution in [0.15, 0.2) is 72.8 Å². The summed E-state index contributed by atoms with van der Waals surface area (Å²) in [7, 11) is -3.86. The van der Waals surface area contributed by atoms with Crippen LogP contribution in [0.3, 0.4) is 0 Å². The number of nitrogens with one attached hydrogen (secondary N) is 2. The van der Waals surface area contributed by atoms with Gasteiger partial charge in [-0.1, -0.05) is 69.3 Å². The van der Waals surface area contributed by atoms with Crippen molar-refractivity contribution in [2.24, 2.45) is 0 Å². The van der Waals surface area contributed by atoms with Crippen molar-refractivity contribution in [3.05, 3.63) is 84.1 Å². The zero-order valence-electron chi connectivity index (χ0n) is 21.1. The van der Waals surface area contributed by atoms with Gasteiger partial charge in [0.2, 0.25) is 5.91 Å². The van der Waals surface area contributed by atoms with E-state index in [-0.39, 0.29) is 18.5 Å². The van der Waals surface area contributed by atoms with Crippen LogP contribution in [-0.4, -0.2) is 41.0 Å². The van der Waals surface area contributed by atoms with Gasteiger partial charge < -0.3 is 4.74 Å². The quantitative estimate of drug-likeness (QED) is 0.398. The maximum absolute atomic E-state index is 13.0. The number of aromatic nitrogens is 2. The lowest BCUT2D eigenvalue weighted by Gasteiger charge is -2.15. The van der Waals surface area contributed by atoms with Crippen LogP contribution in [0.4, 0.5) is 10.6 Å². The number of rotatable bonds is 5. The van der Waals surface area contributed by atoms with Gasteiger partial charge in [0.1, 0.15) is 11.6 Å². The van der Waals surface area contributed by atoms with E-state index in [9.17, 15) is 18.0 Å². The molecule has 10 nitrogen and oxygen atoms in total. The Morgan fingerprint density at radius 2 is 1.79 bits per heavy atom. The van der Waals surface area contributed by atoms with E-state index in [0.717, 1.165) is 20.8 Å². The summed E-state index contributed by atoms with van der Waals surface area (Å²) in [5.74, 6) is 0.252. The first-order chi connectivity index (χ1) is 18.0. The van der Waals surface area contributed by atoms with E-state index in [1.807, 2.05) is 61.9 Å². The molecule has 1 aromatic heterocycles. The molecule has 2 heterocycles. The predicted molar refractivity (Wildman–Crippen MR) is 143 cm³/mol. The molecule has 0 atom stereocenters. The second-order valence-electron chi connectivity index (χ2n) is 10.0. The molecule has 1 aliphatic rings. The minimum Gasteiger partial charge on any atom is -0.409 e. The summed E-state index contributed by atoms with van der Waals surface area (Å²) in [5.41, 5.74) is 1.68. The first-order valence-electron chi connectivity index (χ1n) is 12.0. The fourth-order valence-electron chi connectivity index (χ4n) is 4.17. The molecule has 5 rings (SSSR count). The van der Waals surface area contributed by atoms with E-state index in [0.29, 0.717) is 22.8 Å². The molecule has 0 aliphatic carbocycles. The molecular formula is C27H27N5O5S. The molecule has 0 radical (unpaired) electrons. The molecule has 0 bridgehead atoms. The molecule has 2 amide bonds. The summed E-state index contributed by atoms with van der Waals surface area (Å²) in [6.07, 6.45) is -0.674. The SMILES string of the molecule is CC(C)(C)c1cc(NC(=O)Oc2cccc3ccccc23)n(-c2cccc(CN3CC(=O)NS3(=O)=O)c2)n1. The zero-order chi connectivity index (χ0) is 27.1. The Bertz CT molecular complexity index is 1650. The van der Waals surface area contributed by atoms with Gasteiger partial charge in [0.05, 0.1) is 17.9 Å². The number of hydrogen-bond acceptors (Lipinski definition) is 6. The van der Waals surface area contributed by atoms with Crippen LogP contribution in [0.5, 0.6) is 5.75 Å².